The fraction of sp³-hybridized carbons (Fsp3) is 0.708. The van der Waals surface area contributed by atoms with Gasteiger partial charge in [0.2, 0.25) is 0 Å². The topological polar surface area (TPSA) is 159 Å². The second kappa shape index (κ2) is 9.50. The molecule has 2 saturated carbocycles. The number of rotatable bonds is 8. The van der Waals surface area contributed by atoms with Gasteiger partial charge in [-0.25, -0.2) is 9.59 Å². The molecule has 0 spiro atoms. The van der Waals surface area contributed by atoms with Crippen LogP contribution in [0.25, 0.3) is 0 Å². The van der Waals surface area contributed by atoms with E-state index in [0.717, 1.165) is 29.1 Å². The lowest BCUT2D eigenvalue weighted by molar-refractivity contribution is -0.138. The molecule has 5 N–H and O–H groups in total. The maximum atomic E-state index is 13.2. The molecular formula is C24H36N6O5. The Morgan fingerprint density at radius 3 is 2.17 bits per heavy atom. The van der Waals surface area contributed by atoms with Gasteiger partial charge < -0.3 is 16.4 Å². The van der Waals surface area contributed by atoms with Gasteiger partial charge in [-0.05, 0) is 70.1 Å². The standard InChI is InChI=1S/C24H36N6O5/c1-3-4-11-28-19(31)17(18(25)26)20(32)30(23(28)35)16-9-7-14(8-10-16)12-24(2)21(33)27-22(34)29(24)13-15-5-6-15/h14-16H,3-13,25-26H2,1-2H3,(H,27,33,34)/t14?,16?,24-/m0/s1. The van der Waals surface area contributed by atoms with Gasteiger partial charge in [0.1, 0.15) is 16.9 Å². The number of barbiturate groups is 1. The van der Waals surface area contributed by atoms with Gasteiger partial charge in [-0.1, -0.05) is 13.3 Å². The van der Waals surface area contributed by atoms with Crippen LogP contribution in [0, 0.1) is 11.8 Å². The Kier molecular flexibility index (Phi) is 6.79. The van der Waals surface area contributed by atoms with Crippen LogP contribution in [-0.2, 0) is 14.4 Å². The normalized spacial score (nSPS) is 29.8. The lowest BCUT2D eigenvalue weighted by Crippen LogP contribution is -2.61. The number of carbonyl (C=O) groups is 5. The first-order valence-electron chi connectivity index (χ1n) is 12.7. The lowest BCUT2D eigenvalue weighted by atomic mass is 9.77. The molecule has 4 fully saturated rings. The molecule has 2 saturated heterocycles. The molecule has 11 heteroatoms. The molecule has 7 amide bonds. The molecule has 1 atom stereocenters. The van der Waals surface area contributed by atoms with Gasteiger partial charge in [0.25, 0.3) is 17.7 Å². The molecule has 0 radical (unpaired) electrons. The minimum absolute atomic E-state index is 0.164. The van der Waals surface area contributed by atoms with Crippen molar-refractivity contribution in [2.75, 3.05) is 13.1 Å². The summed E-state index contributed by atoms with van der Waals surface area (Å²) in [7, 11) is 0. The summed E-state index contributed by atoms with van der Waals surface area (Å²) in [5.41, 5.74) is 10.1. The Balaban J connectivity index is 1.45. The van der Waals surface area contributed by atoms with Crippen molar-refractivity contribution in [3.63, 3.8) is 0 Å². The Morgan fingerprint density at radius 1 is 0.971 bits per heavy atom. The van der Waals surface area contributed by atoms with Gasteiger partial charge in [-0.15, -0.1) is 0 Å². The van der Waals surface area contributed by atoms with E-state index >= 15 is 0 Å². The van der Waals surface area contributed by atoms with Gasteiger partial charge in [0, 0.05) is 19.1 Å². The summed E-state index contributed by atoms with van der Waals surface area (Å²) in [5.74, 6) is -1.48. The third-order valence-corrected chi connectivity index (χ3v) is 7.91. The maximum Gasteiger partial charge on any atom is 0.334 e. The fourth-order valence-corrected chi connectivity index (χ4v) is 5.59. The highest BCUT2D eigenvalue weighted by molar-refractivity contribution is 6.29. The van der Waals surface area contributed by atoms with E-state index in [1.165, 1.54) is 0 Å². The van der Waals surface area contributed by atoms with Crippen LogP contribution in [0.4, 0.5) is 9.59 Å². The zero-order valence-electron chi connectivity index (χ0n) is 20.5. The molecular weight excluding hydrogens is 452 g/mol. The molecule has 4 aliphatic rings. The summed E-state index contributed by atoms with van der Waals surface area (Å²) in [4.78, 5) is 68.0. The number of urea groups is 2. The van der Waals surface area contributed by atoms with Crippen LogP contribution >= 0.6 is 0 Å². The SMILES string of the molecule is CCCCN1C(=O)C(=C(N)N)C(=O)N(C2CCC(C[C@@]3(C)C(=O)NC(=O)N3CC3CC3)CC2)C1=O. The second-order valence-electron chi connectivity index (χ2n) is 10.6. The average molecular weight is 489 g/mol. The van der Waals surface area contributed by atoms with Crippen LogP contribution in [0.2, 0.25) is 0 Å². The zero-order chi connectivity index (χ0) is 25.5. The Bertz CT molecular complexity index is 963. The van der Waals surface area contributed by atoms with Crippen molar-refractivity contribution in [3.05, 3.63) is 11.4 Å². The monoisotopic (exact) mass is 488 g/mol. The minimum atomic E-state index is -0.888. The van der Waals surface area contributed by atoms with E-state index in [9.17, 15) is 24.0 Å². The number of hydrogen-bond acceptors (Lipinski definition) is 7. The number of amides is 7. The Labute approximate surface area is 205 Å². The zero-order valence-corrected chi connectivity index (χ0v) is 20.5. The van der Waals surface area contributed by atoms with Crippen LogP contribution in [-0.4, -0.2) is 69.2 Å². The molecule has 2 aliphatic carbocycles. The molecule has 35 heavy (non-hydrogen) atoms. The molecule has 0 unspecified atom stereocenters. The number of unbranched alkanes of at least 4 members (excludes halogenated alkanes) is 1. The molecule has 0 aromatic carbocycles. The van der Waals surface area contributed by atoms with Crippen molar-refractivity contribution in [1.82, 2.24) is 20.0 Å². The summed E-state index contributed by atoms with van der Waals surface area (Å²) in [6, 6.07) is -1.32. The third-order valence-electron chi connectivity index (χ3n) is 7.91. The largest absolute Gasteiger partial charge is 0.385 e. The molecule has 0 bridgehead atoms. The highest BCUT2D eigenvalue weighted by Crippen LogP contribution is 2.40. The summed E-state index contributed by atoms with van der Waals surface area (Å²) < 4.78 is 0. The van der Waals surface area contributed by atoms with Crippen molar-refractivity contribution in [1.29, 1.82) is 0 Å². The van der Waals surface area contributed by atoms with Gasteiger partial charge in [0.05, 0.1) is 0 Å². The maximum absolute atomic E-state index is 13.2. The Morgan fingerprint density at radius 2 is 1.60 bits per heavy atom. The minimum Gasteiger partial charge on any atom is -0.385 e. The average Bonchev–Trinajstić information content (AvgIpc) is 3.59. The number of nitrogens with one attached hydrogen (secondary N) is 1. The van der Waals surface area contributed by atoms with Crippen molar-refractivity contribution in [2.45, 2.75) is 83.2 Å². The van der Waals surface area contributed by atoms with Crippen LogP contribution in [0.3, 0.4) is 0 Å². The van der Waals surface area contributed by atoms with Crippen molar-refractivity contribution >= 4 is 29.8 Å². The number of nitrogens with zero attached hydrogens (tertiary/aromatic N) is 3. The van der Waals surface area contributed by atoms with E-state index in [0.29, 0.717) is 51.0 Å². The molecule has 2 heterocycles. The van der Waals surface area contributed by atoms with E-state index in [1.807, 2.05) is 13.8 Å². The van der Waals surface area contributed by atoms with E-state index in [1.54, 1.807) is 4.90 Å². The van der Waals surface area contributed by atoms with Gasteiger partial charge in [-0.2, -0.15) is 0 Å². The molecule has 0 aromatic rings. The van der Waals surface area contributed by atoms with Crippen molar-refractivity contribution in [3.8, 4) is 0 Å². The van der Waals surface area contributed by atoms with Gasteiger partial charge in [-0.3, -0.25) is 29.5 Å². The van der Waals surface area contributed by atoms with E-state index in [-0.39, 0.29) is 41.8 Å². The number of imide groups is 3. The number of nitrogens with two attached hydrogens (primary N) is 2. The molecule has 192 valence electrons. The molecule has 11 nitrogen and oxygen atoms in total. The second-order valence-corrected chi connectivity index (χ2v) is 10.6. The smallest absolute Gasteiger partial charge is 0.334 e. The Hall–Kier alpha value is -3.11. The van der Waals surface area contributed by atoms with Crippen LogP contribution in [0.5, 0.6) is 0 Å². The van der Waals surface area contributed by atoms with Gasteiger partial charge >= 0.3 is 12.1 Å². The quantitative estimate of drug-likeness (QED) is 0.264. The van der Waals surface area contributed by atoms with Crippen LogP contribution in [0.1, 0.15) is 71.6 Å². The first kappa shape index (κ1) is 25.0. The molecule has 0 aromatic heterocycles. The van der Waals surface area contributed by atoms with Crippen LogP contribution < -0.4 is 16.8 Å². The highest BCUT2D eigenvalue weighted by atomic mass is 16.2. The van der Waals surface area contributed by atoms with E-state index in [2.05, 4.69) is 5.32 Å². The number of carbonyl (C=O) groups excluding carboxylic acids is 5. The highest BCUT2D eigenvalue weighted by Gasteiger charge is 2.52. The summed E-state index contributed by atoms with van der Waals surface area (Å²) in [6.45, 7) is 4.57. The van der Waals surface area contributed by atoms with Crippen molar-refractivity contribution in [2.24, 2.45) is 23.3 Å². The fourth-order valence-electron chi connectivity index (χ4n) is 5.59. The van der Waals surface area contributed by atoms with Crippen LogP contribution in [0.15, 0.2) is 11.4 Å². The summed E-state index contributed by atoms with van der Waals surface area (Å²) in [5, 5.41) is 2.48. The summed E-state index contributed by atoms with van der Waals surface area (Å²) in [6.07, 6.45) is 6.56. The van der Waals surface area contributed by atoms with E-state index in [4.69, 9.17) is 11.5 Å². The predicted octanol–water partition coefficient (Wildman–Crippen LogP) is 1.38. The van der Waals surface area contributed by atoms with Gasteiger partial charge in [0.15, 0.2) is 0 Å². The summed E-state index contributed by atoms with van der Waals surface area (Å²) >= 11 is 0. The first-order chi connectivity index (χ1) is 16.6. The third kappa shape index (κ3) is 4.60. The molecule has 4 rings (SSSR count). The number of hydrogen-bond donors (Lipinski definition) is 3. The van der Waals surface area contributed by atoms with Crippen molar-refractivity contribution < 1.29 is 24.0 Å². The predicted molar refractivity (Wildman–Crippen MR) is 126 cm³/mol. The first-order valence-corrected chi connectivity index (χ1v) is 12.7. The van der Waals surface area contributed by atoms with E-state index < -0.39 is 23.4 Å². The lowest BCUT2D eigenvalue weighted by Gasteiger charge is -2.42. The molecule has 2 aliphatic heterocycles.